The van der Waals surface area contributed by atoms with Gasteiger partial charge in [-0.25, -0.2) is 0 Å². The van der Waals surface area contributed by atoms with Crippen LogP contribution < -0.4 is 5.73 Å². The monoisotopic (exact) mass is 225 g/mol. The maximum atomic E-state index is 11.6. The summed E-state index contributed by atoms with van der Waals surface area (Å²) in [5.41, 5.74) is 5.65. The minimum Gasteiger partial charge on any atom is -0.337 e. The molecule has 0 aliphatic carbocycles. The Labute approximate surface area is 97.8 Å². The molecule has 16 heavy (non-hydrogen) atoms. The van der Waals surface area contributed by atoms with E-state index in [1.165, 1.54) is 0 Å². The lowest BCUT2D eigenvalue weighted by atomic mass is 10.1. The Morgan fingerprint density at radius 2 is 2.31 bits per heavy atom. The molecule has 0 aromatic rings. The van der Waals surface area contributed by atoms with Gasteiger partial charge in [-0.05, 0) is 25.8 Å². The lowest BCUT2D eigenvalue weighted by molar-refractivity contribution is -0.131. The molecule has 2 heterocycles. The van der Waals surface area contributed by atoms with Gasteiger partial charge in [0, 0.05) is 38.1 Å². The van der Waals surface area contributed by atoms with E-state index in [1.54, 1.807) is 0 Å². The Kier molecular flexibility index (Phi) is 3.82. The van der Waals surface area contributed by atoms with E-state index in [0.29, 0.717) is 18.0 Å². The summed E-state index contributed by atoms with van der Waals surface area (Å²) in [5.74, 6) is 0.358. The molecule has 2 atom stereocenters. The number of hydrogen-bond donors (Lipinski definition) is 1. The van der Waals surface area contributed by atoms with Crippen molar-refractivity contribution in [3.63, 3.8) is 0 Å². The van der Waals surface area contributed by atoms with Crippen molar-refractivity contribution in [2.45, 2.75) is 44.7 Å². The molecule has 92 valence electrons. The molecule has 4 nitrogen and oxygen atoms in total. The van der Waals surface area contributed by atoms with Crippen LogP contribution in [0, 0.1) is 0 Å². The smallest absolute Gasteiger partial charge is 0.222 e. The summed E-state index contributed by atoms with van der Waals surface area (Å²) in [5, 5.41) is 0. The third kappa shape index (κ3) is 2.23. The third-order valence-corrected chi connectivity index (χ3v) is 4.01. The van der Waals surface area contributed by atoms with E-state index in [0.717, 1.165) is 51.9 Å². The molecule has 0 saturated carbocycles. The number of piperazine rings is 1. The molecule has 0 aromatic carbocycles. The van der Waals surface area contributed by atoms with Gasteiger partial charge in [0.1, 0.15) is 0 Å². The third-order valence-electron chi connectivity index (χ3n) is 4.01. The number of amides is 1. The number of nitrogens with zero attached hydrogens (tertiary/aromatic N) is 2. The molecule has 2 unspecified atom stereocenters. The van der Waals surface area contributed by atoms with Gasteiger partial charge in [-0.1, -0.05) is 6.92 Å². The topological polar surface area (TPSA) is 49.6 Å². The molecule has 2 N–H and O–H groups in total. The molecular formula is C12H23N3O. The highest BCUT2D eigenvalue weighted by atomic mass is 16.2. The maximum Gasteiger partial charge on any atom is 0.222 e. The van der Waals surface area contributed by atoms with Crippen LogP contribution in [0.15, 0.2) is 0 Å². The standard InChI is InChI=1S/C12H23N3O/c1-2-10(5-6-13)14-7-8-15-11(9-14)3-4-12(15)16/h10-11H,2-9,13H2,1H3. The minimum atomic E-state index is 0.358. The zero-order chi connectivity index (χ0) is 11.5. The first-order chi connectivity index (χ1) is 7.76. The predicted octanol–water partition coefficient (Wildman–Crippen LogP) is 0.420. The van der Waals surface area contributed by atoms with Crippen LogP contribution in [-0.2, 0) is 4.79 Å². The summed E-state index contributed by atoms with van der Waals surface area (Å²) in [6.45, 7) is 6.00. The van der Waals surface area contributed by atoms with Gasteiger partial charge >= 0.3 is 0 Å². The highest BCUT2D eigenvalue weighted by Gasteiger charge is 2.36. The zero-order valence-corrected chi connectivity index (χ0v) is 10.2. The fourth-order valence-electron chi connectivity index (χ4n) is 3.06. The number of fused-ring (bicyclic) bond motifs is 1. The second-order valence-corrected chi connectivity index (χ2v) is 4.91. The first-order valence-electron chi connectivity index (χ1n) is 6.49. The van der Waals surface area contributed by atoms with E-state index in [-0.39, 0.29) is 0 Å². The lowest BCUT2D eigenvalue weighted by Crippen LogP contribution is -2.54. The van der Waals surface area contributed by atoms with Crippen molar-refractivity contribution in [3.8, 4) is 0 Å². The summed E-state index contributed by atoms with van der Waals surface area (Å²) in [7, 11) is 0. The molecule has 4 heteroatoms. The summed E-state index contributed by atoms with van der Waals surface area (Å²) in [6.07, 6.45) is 4.05. The van der Waals surface area contributed by atoms with Gasteiger partial charge in [0.05, 0.1) is 0 Å². The Balaban J connectivity index is 1.92. The van der Waals surface area contributed by atoms with Gasteiger partial charge in [-0.3, -0.25) is 9.69 Å². The average Bonchev–Trinajstić information content (AvgIpc) is 2.67. The zero-order valence-electron chi connectivity index (χ0n) is 10.2. The first-order valence-corrected chi connectivity index (χ1v) is 6.49. The van der Waals surface area contributed by atoms with Gasteiger partial charge < -0.3 is 10.6 Å². The van der Waals surface area contributed by atoms with Crippen LogP contribution in [0.25, 0.3) is 0 Å². The molecule has 2 fully saturated rings. The molecule has 0 bridgehead atoms. The van der Waals surface area contributed by atoms with E-state index >= 15 is 0 Å². The first kappa shape index (κ1) is 11.9. The number of hydrogen-bond acceptors (Lipinski definition) is 3. The number of rotatable bonds is 4. The van der Waals surface area contributed by atoms with Crippen molar-refractivity contribution in [1.29, 1.82) is 0 Å². The average molecular weight is 225 g/mol. The maximum absolute atomic E-state index is 11.6. The fourth-order valence-corrected chi connectivity index (χ4v) is 3.06. The molecule has 0 spiro atoms. The van der Waals surface area contributed by atoms with Gasteiger partial charge in [-0.15, -0.1) is 0 Å². The summed E-state index contributed by atoms with van der Waals surface area (Å²) in [4.78, 5) is 16.2. The largest absolute Gasteiger partial charge is 0.337 e. The SMILES string of the molecule is CCC(CCN)N1CCN2C(=O)CCC2C1. The second-order valence-electron chi connectivity index (χ2n) is 4.91. The molecule has 2 saturated heterocycles. The lowest BCUT2D eigenvalue weighted by Gasteiger charge is -2.41. The van der Waals surface area contributed by atoms with Gasteiger partial charge in [-0.2, -0.15) is 0 Å². The number of nitrogens with two attached hydrogens (primary N) is 1. The summed E-state index contributed by atoms with van der Waals surface area (Å²) < 4.78 is 0. The number of carbonyl (C=O) groups excluding carboxylic acids is 1. The molecule has 0 aromatic heterocycles. The van der Waals surface area contributed by atoms with Crippen LogP contribution in [0.4, 0.5) is 0 Å². The Bertz CT molecular complexity index is 257. The van der Waals surface area contributed by atoms with Crippen LogP contribution in [-0.4, -0.2) is 54.0 Å². The van der Waals surface area contributed by atoms with Gasteiger partial charge in [0.25, 0.3) is 0 Å². The quantitative estimate of drug-likeness (QED) is 0.754. The molecule has 0 radical (unpaired) electrons. The van der Waals surface area contributed by atoms with Crippen molar-refractivity contribution in [2.24, 2.45) is 5.73 Å². The highest BCUT2D eigenvalue weighted by Crippen LogP contribution is 2.24. The van der Waals surface area contributed by atoms with Crippen molar-refractivity contribution in [2.75, 3.05) is 26.2 Å². The second kappa shape index (κ2) is 5.15. The van der Waals surface area contributed by atoms with Crippen molar-refractivity contribution >= 4 is 5.91 Å². The van der Waals surface area contributed by atoms with Crippen LogP contribution >= 0.6 is 0 Å². The van der Waals surface area contributed by atoms with Crippen LogP contribution in [0.2, 0.25) is 0 Å². The van der Waals surface area contributed by atoms with E-state index in [9.17, 15) is 4.79 Å². The normalized spacial score (nSPS) is 28.2. The fraction of sp³-hybridized carbons (Fsp3) is 0.917. The van der Waals surface area contributed by atoms with E-state index in [4.69, 9.17) is 5.73 Å². The Morgan fingerprint density at radius 3 is 3.00 bits per heavy atom. The molecule has 2 aliphatic heterocycles. The van der Waals surface area contributed by atoms with Crippen LogP contribution in [0.1, 0.15) is 32.6 Å². The van der Waals surface area contributed by atoms with E-state index in [1.807, 2.05) is 0 Å². The van der Waals surface area contributed by atoms with Gasteiger partial charge in [0.15, 0.2) is 0 Å². The summed E-state index contributed by atoms with van der Waals surface area (Å²) in [6, 6.07) is 1.09. The van der Waals surface area contributed by atoms with Gasteiger partial charge in [0.2, 0.25) is 5.91 Å². The Hall–Kier alpha value is -0.610. The minimum absolute atomic E-state index is 0.358. The predicted molar refractivity (Wildman–Crippen MR) is 64.1 cm³/mol. The number of carbonyl (C=O) groups is 1. The van der Waals surface area contributed by atoms with Crippen LogP contribution in [0.5, 0.6) is 0 Å². The van der Waals surface area contributed by atoms with Crippen LogP contribution in [0.3, 0.4) is 0 Å². The highest BCUT2D eigenvalue weighted by molar-refractivity contribution is 5.78. The molecule has 2 rings (SSSR count). The van der Waals surface area contributed by atoms with Crippen molar-refractivity contribution < 1.29 is 4.79 Å². The summed E-state index contributed by atoms with van der Waals surface area (Å²) >= 11 is 0. The van der Waals surface area contributed by atoms with E-state index < -0.39 is 0 Å². The molecule has 1 amide bonds. The van der Waals surface area contributed by atoms with E-state index in [2.05, 4.69) is 16.7 Å². The Morgan fingerprint density at radius 1 is 1.50 bits per heavy atom. The molecular weight excluding hydrogens is 202 g/mol. The van der Waals surface area contributed by atoms with Crippen molar-refractivity contribution in [3.05, 3.63) is 0 Å². The van der Waals surface area contributed by atoms with Crippen molar-refractivity contribution in [1.82, 2.24) is 9.80 Å². The molecule has 2 aliphatic rings.